The van der Waals surface area contributed by atoms with E-state index in [9.17, 15) is 27.2 Å². The highest BCUT2D eigenvalue weighted by atomic mass is 19.4. The maximum atomic E-state index is 13.4. The van der Waals surface area contributed by atoms with Crippen LogP contribution in [0.2, 0.25) is 0 Å². The summed E-state index contributed by atoms with van der Waals surface area (Å²) in [5.41, 5.74) is -1.71. The second-order valence-electron chi connectivity index (χ2n) is 8.36. The molecular formula is C20H27F4N3O2. The zero-order valence-electron chi connectivity index (χ0n) is 16.8. The van der Waals surface area contributed by atoms with E-state index in [1.54, 1.807) is 4.90 Å². The number of likely N-dealkylation sites (tertiary alicyclic amines) is 1. The molecule has 2 amide bonds. The third kappa shape index (κ3) is 7.30. The van der Waals surface area contributed by atoms with Crippen molar-refractivity contribution in [2.75, 3.05) is 26.2 Å². The van der Waals surface area contributed by atoms with Crippen LogP contribution in [-0.2, 0) is 11.0 Å². The van der Waals surface area contributed by atoms with E-state index in [0.717, 1.165) is 6.07 Å². The summed E-state index contributed by atoms with van der Waals surface area (Å²) < 4.78 is 51.8. The van der Waals surface area contributed by atoms with Crippen molar-refractivity contribution >= 4 is 11.8 Å². The molecule has 29 heavy (non-hydrogen) atoms. The number of carbonyl (C=O) groups excluding carboxylic acids is 2. The van der Waals surface area contributed by atoms with Crippen LogP contribution in [-0.4, -0.2) is 48.4 Å². The Morgan fingerprint density at radius 2 is 1.72 bits per heavy atom. The number of nitrogens with zero attached hydrogens (tertiary/aromatic N) is 1. The first-order valence-electron chi connectivity index (χ1n) is 9.54. The fourth-order valence-corrected chi connectivity index (χ4v) is 3.06. The molecule has 1 aromatic rings. The quantitative estimate of drug-likeness (QED) is 0.724. The predicted molar refractivity (Wildman–Crippen MR) is 101 cm³/mol. The molecule has 0 radical (unpaired) electrons. The average molecular weight is 417 g/mol. The smallest absolute Gasteiger partial charge is 0.352 e. The SMILES string of the molecule is CC(C)(C)NCC(=O)N1CCC(CNC(=O)c2cc(F)cc(C(F)(F)F)c2)CC1. The first kappa shape index (κ1) is 23.1. The first-order chi connectivity index (χ1) is 13.3. The Morgan fingerprint density at radius 1 is 1.10 bits per heavy atom. The Bertz CT molecular complexity index is 736. The summed E-state index contributed by atoms with van der Waals surface area (Å²) in [4.78, 5) is 26.1. The molecule has 2 rings (SSSR count). The summed E-state index contributed by atoms with van der Waals surface area (Å²) in [5, 5.41) is 5.72. The van der Waals surface area contributed by atoms with Crippen LogP contribution < -0.4 is 10.6 Å². The van der Waals surface area contributed by atoms with Gasteiger partial charge in [-0.2, -0.15) is 13.2 Å². The van der Waals surface area contributed by atoms with Gasteiger partial charge in [-0.25, -0.2) is 4.39 Å². The van der Waals surface area contributed by atoms with Crippen LogP contribution in [0.1, 0.15) is 49.5 Å². The van der Waals surface area contributed by atoms with Gasteiger partial charge in [0.15, 0.2) is 0 Å². The number of rotatable bonds is 5. The van der Waals surface area contributed by atoms with Crippen molar-refractivity contribution in [3.05, 3.63) is 35.1 Å². The Balaban J connectivity index is 1.83. The molecule has 5 nitrogen and oxygen atoms in total. The molecular weight excluding hydrogens is 390 g/mol. The lowest BCUT2D eigenvalue weighted by Gasteiger charge is -2.33. The van der Waals surface area contributed by atoms with Gasteiger partial charge < -0.3 is 15.5 Å². The molecule has 0 saturated carbocycles. The van der Waals surface area contributed by atoms with Gasteiger partial charge in [-0.15, -0.1) is 0 Å². The van der Waals surface area contributed by atoms with Gasteiger partial charge in [0, 0.05) is 30.7 Å². The Hall–Kier alpha value is -2.16. The van der Waals surface area contributed by atoms with Gasteiger partial charge in [0.2, 0.25) is 5.91 Å². The molecule has 1 aliphatic rings. The molecule has 0 atom stereocenters. The van der Waals surface area contributed by atoms with Crippen LogP contribution in [0.15, 0.2) is 18.2 Å². The number of alkyl halides is 3. The Morgan fingerprint density at radius 3 is 2.28 bits per heavy atom. The van der Waals surface area contributed by atoms with Crippen molar-refractivity contribution < 1.29 is 27.2 Å². The lowest BCUT2D eigenvalue weighted by molar-refractivity contribution is -0.137. The highest BCUT2D eigenvalue weighted by Gasteiger charge is 2.32. The van der Waals surface area contributed by atoms with E-state index < -0.39 is 23.5 Å². The van der Waals surface area contributed by atoms with Gasteiger partial charge in [0.1, 0.15) is 5.82 Å². The predicted octanol–water partition coefficient (Wildman–Crippen LogP) is 3.20. The van der Waals surface area contributed by atoms with E-state index in [1.165, 1.54) is 0 Å². The van der Waals surface area contributed by atoms with Crippen molar-refractivity contribution in [1.82, 2.24) is 15.5 Å². The number of benzene rings is 1. The molecule has 0 spiro atoms. The molecule has 0 aliphatic carbocycles. The third-order valence-electron chi connectivity index (χ3n) is 4.78. The zero-order chi connectivity index (χ0) is 21.8. The monoisotopic (exact) mass is 417 g/mol. The number of piperidine rings is 1. The van der Waals surface area contributed by atoms with Gasteiger partial charge >= 0.3 is 6.18 Å². The minimum absolute atomic E-state index is 0.0156. The minimum atomic E-state index is -4.72. The minimum Gasteiger partial charge on any atom is -0.352 e. The Kier molecular flexibility index (Phi) is 7.26. The largest absolute Gasteiger partial charge is 0.416 e. The van der Waals surface area contributed by atoms with E-state index in [1.807, 2.05) is 20.8 Å². The number of hydrogen-bond donors (Lipinski definition) is 2. The third-order valence-corrected chi connectivity index (χ3v) is 4.78. The zero-order valence-corrected chi connectivity index (χ0v) is 16.8. The van der Waals surface area contributed by atoms with Crippen LogP contribution in [0, 0.1) is 11.7 Å². The summed E-state index contributed by atoms with van der Waals surface area (Å²) >= 11 is 0. The second-order valence-corrected chi connectivity index (χ2v) is 8.36. The molecule has 2 N–H and O–H groups in total. The van der Waals surface area contributed by atoms with Crippen molar-refractivity contribution in [2.24, 2.45) is 5.92 Å². The molecule has 1 saturated heterocycles. The average Bonchev–Trinajstić information content (AvgIpc) is 2.62. The van der Waals surface area contributed by atoms with Gasteiger partial charge in [-0.05, 0) is 57.7 Å². The highest BCUT2D eigenvalue weighted by molar-refractivity contribution is 5.94. The number of hydrogen-bond acceptors (Lipinski definition) is 3. The summed E-state index contributed by atoms with van der Waals surface area (Å²) in [5.74, 6) is -1.74. The van der Waals surface area contributed by atoms with Crippen molar-refractivity contribution in [3.63, 3.8) is 0 Å². The van der Waals surface area contributed by atoms with E-state index in [-0.39, 0.29) is 36.0 Å². The van der Waals surface area contributed by atoms with Gasteiger partial charge in [0.25, 0.3) is 5.91 Å². The summed E-state index contributed by atoms with van der Waals surface area (Å²) in [7, 11) is 0. The normalized spacial score (nSPS) is 16.0. The fourth-order valence-electron chi connectivity index (χ4n) is 3.06. The molecule has 0 unspecified atom stereocenters. The topological polar surface area (TPSA) is 61.4 Å². The van der Waals surface area contributed by atoms with E-state index in [2.05, 4.69) is 10.6 Å². The molecule has 1 fully saturated rings. The molecule has 0 aromatic heterocycles. The standard InChI is InChI=1S/C20H27F4N3O2/c1-19(2,3)26-12-17(28)27-6-4-13(5-7-27)11-25-18(29)14-8-15(20(22,23)24)10-16(21)9-14/h8-10,13,26H,4-7,11-12H2,1-3H3,(H,25,29). The van der Waals surface area contributed by atoms with Gasteiger partial charge in [-0.1, -0.05) is 0 Å². The molecule has 162 valence electrons. The Labute approximate surface area is 167 Å². The summed E-state index contributed by atoms with van der Waals surface area (Å²) in [6.07, 6.45) is -3.37. The van der Waals surface area contributed by atoms with Gasteiger partial charge in [-0.3, -0.25) is 9.59 Å². The number of carbonyl (C=O) groups is 2. The van der Waals surface area contributed by atoms with Gasteiger partial charge in [0.05, 0.1) is 12.1 Å². The fraction of sp³-hybridized carbons (Fsp3) is 0.600. The summed E-state index contributed by atoms with van der Waals surface area (Å²) in [6, 6.07) is 1.79. The molecule has 1 aliphatic heterocycles. The molecule has 0 bridgehead atoms. The van der Waals surface area contributed by atoms with E-state index in [0.29, 0.717) is 38.1 Å². The molecule has 9 heteroatoms. The van der Waals surface area contributed by atoms with Crippen LogP contribution >= 0.6 is 0 Å². The first-order valence-corrected chi connectivity index (χ1v) is 9.54. The maximum Gasteiger partial charge on any atom is 0.416 e. The maximum absolute atomic E-state index is 13.4. The van der Waals surface area contributed by atoms with Crippen molar-refractivity contribution in [1.29, 1.82) is 0 Å². The van der Waals surface area contributed by atoms with E-state index >= 15 is 0 Å². The molecule has 1 aromatic carbocycles. The molecule has 1 heterocycles. The van der Waals surface area contributed by atoms with Crippen LogP contribution in [0.3, 0.4) is 0 Å². The van der Waals surface area contributed by atoms with Crippen molar-refractivity contribution in [3.8, 4) is 0 Å². The van der Waals surface area contributed by atoms with Crippen LogP contribution in [0.25, 0.3) is 0 Å². The number of amides is 2. The van der Waals surface area contributed by atoms with Crippen molar-refractivity contribution in [2.45, 2.75) is 45.3 Å². The lowest BCUT2D eigenvalue weighted by Crippen LogP contribution is -2.48. The number of nitrogens with one attached hydrogen (secondary N) is 2. The lowest BCUT2D eigenvalue weighted by atomic mass is 9.96. The summed E-state index contributed by atoms with van der Waals surface area (Å²) in [6.45, 7) is 7.57. The van der Waals surface area contributed by atoms with Crippen LogP contribution in [0.4, 0.5) is 17.6 Å². The number of halogens is 4. The van der Waals surface area contributed by atoms with E-state index in [4.69, 9.17) is 0 Å². The van der Waals surface area contributed by atoms with Crippen LogP contribution in [0.5, 0.6) is 0 Å². The highest BCUT2D eigenvalue weighted by Crippen LogP contribution is 2.30. The second kappa shape index (κ2) is 9.11.